The van der Waals surface area contributed by atoms with Gasteiger partial charge in [-0.05, 0) is 32.9 Å². The Morgan fingerprint density at radius 1 is 1.58 bits per heavy atom. The number of aromatic nitrogens is 2. The fourth-order valence-electron chi connectivity index (χ4n) is 1.65. The molecule has 0 aromatic carbocycles. The van der Waals surface area contributed by atoms with Crippen LogP contribution in [0.2, 0.25) is 0 Å². The first-order valence-electron chi connectivity index (χ1n) is 4.50. The van der Waals surface area contributed by atoms with E-state index >= 15 is 0 Å². The number of aryl methyl sites for hydroxylation is 1. The second-order valence-corrected chi connectivity index (χ2v) is 3.32. The van der Waals surface area contributed by atoms with E-state index in [2.05, 4.69) is 21.2 Å². The molecule has 0 amide bonds. The van der Waals surface area contributed by atoms with Crippen LogP contribution < -0.4 is 5.32 Å². The van der Waals surface area contributed by atoms with Crippen LogP contribution in [-0.4, -0.2) is 22.9 Å². The Hall–Kier alpha value is -0.830. The van der Waals surface area contributed by atoms with Gasteiger partial charge in [0.25, 0.3) is 0 Å². The van der Waals surface area contributed by atoms with Gasteiger partial charge in [-0.25, -0.2) is 0 Å². The Bertz CT molecular complexity index is 248. The highest BCUT2D eigenvalue weighted by atomic mass is 15.3. The van der Waals surface area contributed by atoms with Crippen molar-refractivity contribution in [1.29, 1.82) is 0 Å². The summed E-state index contributed by atoms with van der Waals surface area (Å²) in [6.07, 6.45) is 4.34. The van der Waals surface area contributed by atoms with Crippen LogP contribution in [0.25, 0.3) is 0 Å². The first-order valence-corrected chi connectivity index (χ1v) is 4.50. The minimum absolute atomic E-state index is 0.594. The van der Waals surface area contributed by atoms with E-state index in [1.165, 1.54) is 12.8 Å². The van der Waals surface area contributed by atoms with Crippen LogP contribution in [-0.2, 0) is 0 Å². The van der Waals surface area contributed by atoms with Crippen molar-refractivity contribution < 1.29 is 0 Å². The third-order valence-corrected chi connectivity index (χ3v) is 2.35. The van der Waals surface area contributed by atoms with Gasteiger partial charge in [0.2, 0.25) is 0 Å². The predicted octanol–water partition coefficient (Wildman–Crippen LogP) is 0.916. The van der Waals surface area contributed by atoms with Gasteiger partial charge in [-0.3, -0.25) is 4.68 Å². The maximum Gasteiger partial charge on any atom is 0.0673 e. The molecule has 0 aliphatic carbocycles. The summed E-state index contributed by atoms with van der Waals surface area (Å²) < 4.78 is 2.05. The third-order valence-electron chi connectivity index (χ3n) is 2.35. The van der Waals surface area contributed by atoms with Gasteiger partial charge >= 0.3 is 0 Å². The lowest BCUT2D eigenvalue weighted by Crippen LogP contribution is -2.29. The fourth-order valence-corrected chi connectivity index (χ4v) is 1.65. The summed E-state index contributed by atoms with van der Waals surface area (Å²) >= 11 is 0. The molecule has 1 aromatic heterocycles. The molecule has 0 atom stereocenters. The molecule has 12 heavy (non-hydrogen) atoms. The van der Waals surface area contributed by atoms with Crippen molar-refractivity contribution in [3.8, 4) is 0 Å². The molecule has 0 spiro atoms. The van der Waals surface area contributed by atoms with Crippen molar-refractivity contribution in [2.45, 2.75) is 25.8 Å². The van der Waals surface area contributed by atoms with Gasteiger partial charge in [0, 0.05) is 12.3 Å². The largest absolute Gasteiger partial charge is 0.317 e. The summed E-state index contributed by atoms with van der Waals surface area (Å²) in [5.41, 5.74) is 0.994. The number of nitrogens with zero attached hydrogens (tertiary/aromatic N) is 2. The van der Waals surface area contributed by atoms with Gasteiger partial charge < -0.3 is 5.32 Å². The van der Waals surface area contributed by atoms with Crippen LogP contribution in [0.15, 0.2) is 6.20 Å². The van der Waals surface area contributed by atoms with Crippen LogP contribution in [0.4, 0.5) is 0 Å². The second-order valence-electron chi connectivity index (χ2n) is 3.32. The highest BCUT2D eigenvalue weighted by Gasteiger charge is 2.14. The predicted molar refractivity (Wildman–Crippen MR) is 46.9 cm³/mol. The summed E-state index contributed by atoms with van der Waals surface area (Å²) in [6, 6.07) is 3.69. The van der Waals surface area contributed by atoms with Crippen LogP contribution in [0, 0.1) is 13.0 Å². The lowest BCUT2D eigenvalue weighted by Gasteiger charge is -2.22. The minimum atomic E-state index is 0.594. The first-order chi connectivity index (χ1) is 5.86. The number of rotatable bonds is 1. The number of piperidine rings is 1. The molecule has 3 heteroatoms. The van der Waals surface area contributed by atoms with E-state index < -0.39 is 0 Å². The molecule has 1 aliphatic rings. The Kier molecular flexibility index (Phi) is 2.13. The molecule has 0 bridgehead atoms. The zero-order valence-corrected chi connectivity index (χ0v) is 7.38. The summed E-state index contributed by atoms with van der Waals surface area (Å²) in [6.45, 7) is 4.21. The van der Waals surface area contributed by atoms with E-state index in [4.69, 9.17) is 0 Å². The molecule has 2 rings (SSSR count). The quantitative estimate of drug-likeness (QED) is 0.668. The Morgan fingerprint density at radius 2 is 2.33 bits per heavy atom. The summed E-state index contributed by atoms with van der Waals surface area (Å²) in [5, 5.41) is 7.71. The van der Waals surface area contributed by atoms with E-state index in [0.717, 1.165) is 18.8 Å². The normalized spacial score (nSPS) is 19.8. The van der Waals surface area contributed by atoms with Gasteiger partial charge in [0.15, 0.2) is 0 Å². The number of hydrogen-bond acceptors (Lipinski definition) is 2. The highest BCUT2D eigenvalue weighted by molar-refractivity contribution is 4.94. The summed E-state index contributed by atoms with van der Waals surface area (Å²) in [5.74, 6) is 0. The minimum Gasteiger partial charge on any atom is -0.317 e. The fraction of sp³-hybridized carbons (Fsp3) is 0.667. The van der Waals surface area contributed by atoms with Crippen LogP contribution in [0.1, 0.15) is 24.6 Å². The smallest absolute Gasteiger partial charge is 0.0673 e. The van der Waals surface area contributed by atoms with E-state index in [9.17, 15) is 0 Å². The van der Waals surface area contributed by atoms with Crippen molar-refractivity contribution >= 4 is 0 Å². The molecule has 1 saturated heterocycles. The molecule has 3 nitrogen and oxygen atoms in total. The van der Waals surface area contributed by atoms with E-state index in [1.807, 2.05) is 13.1 Å². The highest BCUT2D eigenvalue weighted by Crippen LogP contribution is 2.16. The zero-order valence-electron chi connectivity index (χ0n) is 7.38. The van der Waals surface area contributed by atoms with Crippen molar-refractivity contribution in [2.75, 3.05) is 13.1 Å². The zero-order chi connectivity index (χ0) is 8.39. The van der Waals surface area contributed by atoms with Crippen LogP contribution in [0.3, 0.4) is 0 Å². The summed E-state index contributed by atoms with van der Waals surface area (Å²) in [4.78, 5) is 0. The Labute approximate surface area is 72.8 Å². The lowest BCUT2D eigenvalue weighted by molar-refractivity contribution is 0.342. The number of nitrogens with one attached hydrogen (secondary N) is 1. The summed E-state index contributed by atoms with van der Waals surface area (Å²) in [7, 11) is 0. The average molecular weight is 164 g/mol. The van der Waals surface area contributed by atoms with Gasteiger partial charge in [-0.2, -0.15) is 5.10 Å². The van der Waals surface area contributed by atoms with Gasteiger partial charge in [0.05, 0.1) is 11.7 Å². The molecule has 1 aromatic rings. The van der Waals surface area contributed by atoms with Crippen molar-refractivity contribution in [3.63, 3.8) is 0 Å². The topological polar surface area (TPSA) is 29.9 Å². The van der Waals surface area contributed by atoms with E-state index in [-0.39, 0.29) is 0 Å². The van der Waals surface area contributed by atoms with E-state index in [1.54, 1.807) is 0 Å². The monoisotopic (exact) mass is 164 g/mol. The van der Waals surface area contributed by atoms with Gasteiger partial charge in [-0.15, -0.1) is 0 Å². The molecule has 1 N–H and O–H groups in total. The van der Waals surface area contributed by atoms with Gasteiger partial charge in [0.1, 0.15) is 0 Å². The second kappa shape index (κ2) is 3.27. The maximum atomic E-state index is 4.37. The third kappa shape index (κ3) is 1.50. The molecule has 0 saturated carbocycles. The van der Waals surface area contributed by atoms with Crippen molar-refractivity contribution in [2.24, 2.45) is 0 Å². The average Bonchev–Trinajstić information content (AvgIpc) is 2.54. The van der Waals surface area contributed by atoms with E-state index in [0.29, 0.717) is 6.04 Å². The Balaban J connectivity index is 2.08. The molecular formula is C9H14N3. The molecule has 1 fully saturated rings. The lowest BCUT2D eigenvalue weighted by atomic mass is 10.1. The van der Waals surface area contributed by atoms with Crippen LogP contribution >= 0.6 is 0 Å². The van der Waals surface area contributed by atoms with Gasteiger partial charge in [-0.1, -0.05) is 0 Å². The molecular weight excluding hydrogens is 150 g/mol. The standard InChI is InChI=1S/C9H14N3/c1-8-4-7-12(11-8)9-2-5-10-6-3-9/h7,9-10H,2-3,5-6H2,1H3. The molecule has 65 valence electrons. The SMILES string of the molecule is Cc1[c]cn(C2CCNCC2)n1. The Morgan fingerprint density at radius 3 is 2.92 bits per heavy atom. The van der Waals surface area contributed by atoms with Crippen molar-refractivity contribution in [3.05, 3.63) is 18.0 Å². The van der Waals surface area contributed by atoms with Crippen LogP contribution in [0.5, 0.6) is 0 Å². The molecule has 0 unspecified atom stereocenters. The maximum absolute atomic E-state index is 4.37. The molecule has 2 heterocycles. The number of hydrogen-bond donors (Lipinski definition) is 1. The molecule has 1 radical (unpaired) electrons. The molecule has 1 aliphatic heterocycles. The van der Waals surface area contributed by atoms with Crippen molar-refractivity contribution in [1.82, 2.24) is 15.1 Å². The first kappa shape index (κ1) is 7.80.